The number of hydrogen-bond donors (Lipinski definition) is 1. The van der Waals surface area contributed by atoms with Gasteiger partial charge in [-0.2, -0.15) is 0 Å². The van der Waals surface area contributed by atoms with E-state index in [1.807, 2.05) is 37.3 Å². The third-order valence-corrected chi connectivity index (χ3v) is 2.22. The molecular formula is C13H11KNO3. The summed E-state index contributed by atoms with van der Waals surface area (Å²) >= 11 is 0. The second-order valence-corrected chi connectivity index (χ2v) is 3.50. The maximum atomic E-state index is 10.4. The Morgan fingerprint density at radius 3 is 2.61 bits per heavy atom. The minimum absolute atomic E-state index is 0. The monoisotopic (exact) mass is 268 g/mol. The summed E-state index contributed by atoms with van der Waals surface area (Å²) in [5.41, 5.74) is 1.66. The second-order valence-electron chi connectivity index (χ2n) is 3.50. The predicted octanol–water partition coefficient (Wildman–Crippen LogP) is 2.37. The van der Waals surface area contributed by atoms with E-state index < -0.39 is 5.97 Å². The van der Waals surface area contributed by atoms with Gasteiger partial charge in [-0.25, -0.2) is 9.78 Å². The van der Waals surface area contributed by atoms with Crippen LogP contribution in [0.5, 0.6) is 0 Å². The molecule has 0 unspecified atom stereocenters. The summed E-state index contributed by atoms with van der Waals surface area (Å²) in [5.74, 6) is -0.0680. The van der Waals surface area contributed by atoms with E-state index in [1.165, 1.54) is 6.08 Å². The maximum Gasteiger partial charge on any atom is 0.328 e. The Bertz CT molecular complexity index is 561. The normalized spacial score (nSPS) is 10.3. The number of nitrogens with zero attached hydrogens (tertiary/aromatic N) is 1. The van der Waals surface area contributed by atoms with Crippen LogP contribution in [0.3, 0.4) is 0 Å². The fraction of sp³-hybridized carbons (Fsp3) is 0.0769. The molecule has 1 heterocycles. The fourth-order valence-electron chi connectivity index (χ4n) is 1.49. The number of hydrogen-bond acceptors (Lipinski definition) is 3. The minimum Gasteiger partial charge on any atom is -0.478 e. The van der Waals surface area contributed by atoms with Crippen LogP contribution in [-0.4, -0.2) is 67.4 Å². The molecule has 0 aliphatic rings. The number of aryl methyl sites for hydroxylation is 1. The van der Waals surface area contributed by atoms with Gasteiger partial charge in [-0.15, -0.1) is 0 Å². The molecule has 87 valence electrons. The molecule has 4 nitrogen and oxygen atoms in total. The molecule has 2 rings (SSSR count). The number of rotatable bonds is 3. The molecule has 0 atom stereocenters. The van der Waals surface area contributed by atoms with E-state index >= 15 is 0 Å². The summed E-state index contributed by atoms with van der Waals surface area (Å²) in [6.07, 6.45) is 2.34. The Kier molecular flexibility index (Phi) is 5.97. The van der Waals surface area contributed by atoms with Crippen LogP contribution in [0.25, 0.3) is 17.4 Å². The zero-order chi connectivity index (χ0) is 12.3. The van der Waals surface area contributed by atoms with Gasteiger partial charge in [-0.3, -0.25) is 0 Å². The van der Waals surface area contributed by atoms with Crippen LogP contribution < -0.4 is 0 Å². The zero-order valence-corrected chi connectivity index (χ0v) is 13.4. The predicted molar refractivity (Wildman–Crippen MR) is 69.1 cm³/mol. The van der Waals surface area contributed by atoms with Crippen molar-refractivity contribution in [2.75, 3.05) is 0 Å². The SMILES string of the molecule is Cc1nc(/C=C/C(=O)O)oc1-c1ccccc1.[K]. The number of benzene rings is 1. The van der Waals surface area contributed by atoms with Gasteiger partial charge in [0, 0.05) is 69.1 Å². The fourth-order valence-corrected chi connectivity index (χ4v) is 1.49. The smallest absolute Gasteiger partial charge is 0.328 e. The van der Waals surface area contributed by atoms with Crippen molar-refractivity contribution in [2.24, 2.45) is 0 Å². The van der Waals surface area contributed by atoms with Gasteiger partial charge in [-0.1, -0.05) is 30.3 Å². The van der Waals surface area contributed by atoms with Crippen molar-refractivity contribution in [1.82, 2.24) is 4.98 Å². The molecule has 0 bridgehead atoms. The maximum absolute atomic E-state index is 10.4. The van der Waals surface area contributed by atoms with Gasteiger partial charge in [-0.05, 0) is 6.92 Å². The van der Waals surface area contributed by atoms with Gasteiger partial charge >= 0.3 is 5.97 Å². The van der Waals surface area contributed by atoms with Crippen molar-refractivity contribution in [3.8, 4) is 11.3 Å². The molecule has 1 aromatic carbocycles. The third-order valence-electron chi connectivity index (χ3n) is 2.22. The van der Waals surface area contributed by atoms with E-state index in [4.69, 9.17) is 9.52 Å². The van der Waals surface area contributed by atoms with Crippen molar-refractivity contribution >= 4 is 63.4 Å². The van der Waals surface area contributed by atoms with Gasteiger partial charge in [0.1, 0.15) is 0 Å². The van der Waals surface area contributed by atoms with E-state index in [2.05, 4.69) is 4.98 Å². The molecule has 1 N–H and O–H groups in total. The van der Waals surface area contributed by atoms with Crippen molar-refractivity contribution in [3.05, 3.63) is 48.0 Å². The molecule has 18 heavy (non-hydrogen) atoms. The number of carboxylic acid groups (broad SMARTS) is 1. The average Bonchev–Trinajstić information content (AvgIpc) is 2.69. The van der Waals surface area contributed by atoms with E-state index in [1.54, 1.807) is 0 Å². The molecule has 2 aromatic rings. The Morgan fingerprint density at radius 1 is 1.33 bits per heavy atom. The number of aromatic nitrogens is 1. The van der Waals surface area contributed by atoms with Crippen molar-refractivity contribution < 1.29 is 14.3 Å². The molecule has 0 aliphatic heterocycles. The van der Waals surface area contributed by atoms with E-state index in [0.29, 0.717) is 11.7 Å². The van der Waals surface area contributed by atoms with Crippen LogP contribution in [0, 0.1) is 6.92 Å². The van der Waals surface area contributed by atoms with Gasteiger partial charge in [0.05, 0.1) is 5.69 Å². The summed E-state index contributed by atoms with van der Waals surface area (Å²) in [6.45, 7) is 1.82. The van der Waals surface area contributed by atoms with Crippen LogP contribution in [0.4, 0.5) is 0 Å². The topological polar surface area (TPSA) is 63.3 Å². The van der Waals surface area contributed by atoms with Crippen molar-refractivity contribution in [2.45, 2.75) is 6.92 Å². The third kappa shape index (κ3) is 3.89. The number of carbonyl (C=O) groups is 1. The molecule has 0 aliphatic carbocycles. The first-order valence-electron chi connectivity index (χ1n) is 5.10. The summed E-state index contributed by atoms with van der Waals surface area (Å²) in [4.78, 5) is 14.5. The van der Waals surface area contributed by atoms with Crippen molar-refractivity contribution in [3.63, 3.8) is 0 Å². The van der Waals surface area contributed by atoms with Crippen LogP contribution in [-0.2, 0) is 4.79 Å². The Morgan fingerprint density at radius 2 is 2.00 bits per heavy atom. The first-order valence-corrected chi connectivity index (χ1v) is 5.10. The zero-order valence-electron chi connectivity index (χ0n) is 10.3. The average molecular weight is 268 g/mol. The first kappa shape index (κ1) is 15.3. The van der Waals surface area contributed by atoms with Gasteiger partial charge in [0.2, 0.25) is 5.89 Å². The Balaban J connectivity index is 0.00000162. The van der Waals surface area contributed by atoms with Gasteiger partial charge < -0.3 is 9.52 Å². The van der Waals surface area contributed by atoms with Crippen LogP contribution in [0.1, 0.15) is 11.6 Å². The molecule has 0 saturated carbocycles. The molecular weight excluding hydrogens is 257 g/mol. The van der Waals surface area contributed by atoms with Gasteiger partial charge in [0.15, 0.2) is 5.76 Å². The van der Waals surface area contributed by atoms with Crippen LogP contribution >= 0.6 is 0 Å². The summed E-state index contributed by atoms with van der Waals surface area (Å²) in [5, 5.41) is 8.51. The molecule has 0 amide bonds. The Labute approximate surface area is 147 Å². The van der Waals surface area contributed by atoms with Crippen molar-refractivity contribution in [1.29, 1.82) is 0 Å². The van der Waals surface area contributed by atoms with Gasteiger partial charge in [0.25, 0.3) is 0 Å². The largest absolute Gasteiger partial charge is 0.478 e. The molecule has 0 fully saturated rings. The summed E-state index contributed by atoms with van der Waals surface area (Å²) in [6, 6.07) is 9.56. The molecule has 0 saturated heterocycles. The molecule has 0 spiro atoms. The summed E-state index contributed by atoms with van der Waals surface area (Å²) in [7, 11) is 0. The number of oxazole rings is 1. The van der Waals surface area contributed by atoms with Crippen LogP contribution in [0.2, 0.25) is 0 Å². The van der Waals surface area contributed by atoms with E-state index in [0.717, 1.165) is 17.3 Å². The quantitative estimate of drug-likeness (QED) is 0.685. The van der Waals surface area contributed by atoms with E-state index in [9.17, 15) is 4.79 Å². The molecule has 1 radical (unpaired) electrons. The number of aliphatic carboxylic acids is 1. The standard InChI is InChI=1S/C13H11NO3.K/c1-9-13(10-5-3-2-4-6-10)17-11(14-9)7-8-12(15)16;/h2-8H,1H3,(H,15,16);/b8-7+;. The number of carboxylic acids is 1. The second kappa shape index (κ2) is 7.01. The molecule has 1 aromatic heterocycles. The molecule has 5 heteroatoms. The summed E-state index contributed by atoms with van der Waals surface area (Å²) < 4.78 is 5.49. The Hall–Kier alpha value is -0.724. The minimum atomic E-state index is -1.03. The van der Waals surface area contributed by atoms with Crippen LogP contribution in [0.15, 0.2) is 40.8 Å². The van der Waals surface area contributed by atoms with E-state index in [-0.39, 0.29) is 51.4 Å². The first-order chi connectivity index (χ1) is 8.16.